The van der Waals surface area contributed by atoms with Gasteiger partial charge in [0.05, 0.1) is 0 Å². The van der Waals surface area contributed by atoms with Gasteiger partial charge in [0.25, 0.3) is 0 Å². The van der Waals surface area contributed by atoms with Gasteiger partial charge in [0.1, 0.15) is 5.78 Å². The highest BCUT2D eigenvalue weighted by Gasteiger charge is 2.59. The molecule has 0 radical (unpaired) electrons. The predicted molar refractivity (Wildman–Crippen MR) is 163 cm³/mol. The molecule has 0 unspecified atom stereocenters. The molecule has 0 aromatic carbocycles. The molecule has 3 saturated carbocycles. The van der Waals surface area contributed by atoms with Gasteiger partial charge < -0.3 is 8.85 Å². The number of fused-ring (bicyclic) bond motifs is 1. The number of ketones is 1. The minimum atomic E-state index is -1.87. The Hall–Kier alpha value is 0.0238. The second-order valence-corrected chi connectivity index (χ2v) is 26.6. The first-order valence-electron chi connectivity index (χ1n) is 15.5. The van der Waals surface area contributed by atoms with Crippen molar-refractivity contribution < 1.29 is 13.6 Å². The summed E-state index contributed by atoms with van der Waals surface area (Å²) in [4.78, 5) is 13.2. The summed E-state index contributed by atoms with van der Waals surface area (Å²) >= 11 is 0. The lowest BCUT2D eigenvalue weighted by Gasteiger charge is -2.57. The van der Waals surface area contributed by atoms with Gasteiger partial charge in [-0.1, -0.05) is 68.7 Å². The second-order valence-electron chi connectivity index (χ2n) is 17.0. The smallest absolute Gasteiger partial charge is 0.191 e. The van der Waals surface area contributed by atoms with Gasteiger partial charge in [-0.25, -0.2) is 0 Å². The molecule has 0 aromatic heterocycles. The molecule has 0 heterocycles. The molecule has 0 aliphatic heterocycles. The van der Waals surface area contributed by atoms with Gasteiger partial charge in [0, 0.05) is 25.0 Å². The minimum absolute atomic E-state index is 0.136. The molecule has 3 nitrogen and oxygen atoms in total. The zero-order valence-electron chi connectivity index (χ0n) is 27.0. The fourth-order valence-corrected chi connectivity index (χ4v) is 9.63. The number of Topliss-reactive ketones (excluding diaryl/α,β-unsaturated/α-hetero) is 1. The molecule has 5 heteroatoms. The topological polar surface area (TPSA) is 35.5 Å². The summed E-state index contributed by atoms with van der Waals surface area (Å²) < 4.78 is 14.0. The van der Waals surface area contributed by atoms with E-state index in [1.807, 2.05) is 0 Å². The monoisotopic (exact) mass is 550 g/mol. The summed E-state index contributed by atoms with van der Waals surface area (Å²) in [7, 11) is -3.68. The van der Waals surface area contributed by atoms with Gasteiger partial charge in [-0.05, 0) is 103 Å². The first-order chi connectivity index (χ1) is 16.7. The molecular weight excluding hydrogens is 489 g/mol. The van der Waals surface area contributed by atoms with Gasteiger partial charge in [-0.2, -0.15) is 0 Å². The first kappa shape index (κ1) is 31.6. The van der Waals surface area contributed by atoms with Crippen LogP contribution in [0.2, 0.25) is 36.3 Å². The zero-order valence-corrected chi connectivity index (χ0v) is 29.0. The molecule has 0 N–H and O–H groups in total. The molecule has 0 saturated heterocycles. The lowest BCUT2D eigenvalue weighted by molar-refractivity contribution is -0.136. The Kier molecular flexibility index (Phi) is 8.91. The van der Waals surface area contributed by atoms with Crippen molar-refractivity contribution in [2.45, 2.75) is 144 Å². The van der Waals surface area contributed by atoms with Crippen LogP contribution in [0.4, 0.5) is 0 Å². The van der Waals surface area contributed by atoms with E-state index in [0.29, 0.717) is 29.5 Å². The third kappa shape index (κ3) is 6.05. The van der Waals surface area contributed by atoms with Crippen molar-refractivity contribution in [3.8, 4) is 0 Å². The van der Waals surface area contributed by atoms with Crippen molar-refractivity contribution in [3.63, 3.8) is 0 Å². The molecule has 0 spiro atoms. The van der Waals surface area contributed by atoms with Crippen LogP contribution in [0.25, 0.3) is 0 Å². The number of carbonyl (C=O) groups is 1. The SMILES string of the molecule is C[C@H]1CC[C@](C)([C@H]2CC[C@]3(C)C(=O)CC[C@H]3[C@@H]2CO[Si](C)(C)C(C)(C)C)[C@@H](CO[Si](C)(C)C(C)(C)C)C1. The molecule has 7 atom stereocenters. The fourth-order valence-electron chi connectivity index (χ4n) is 7.54. The number of hydrogen-bond donors (Lipinski definition) is 0. The number of hydrogen-bond acceptors (Lipinski definition) is 3. The Morgan fingerprint density at radius 1 is 0.811 bits per heavy atom. The minimum Gasteiger partial charge on any atom is -0.417 e. The maximum atomic E-state index is 13.2. The van der Waals surface area contributed by atoms with E-state index < -0.39 is 16.6 Å². The summed E-state index contributed by atoms with van der Waals surface area (Å²) in [6, 6.07) is 0. The van der Waals surface area contributed by atoms with E-state index >= 15 is 0 Å². The highest BCUT2D eigenvalue weighted by molar-refractivity contribution is 6.74. The van der Waals surface area contributed by atoms with Crippen LogP contribution in [-0.2, 0) is 13.6 Å². The molecule has 216 valence electrons. The van der Waals surface area contributed by atoms with Crippen molar-refractivity contribution in [1.29, 1.82) is 0 Å². The van der Waals surface area contributed by atoms with Crippen LogP contribution < -0.4 is 0 Å². The Morgan fingerprint density at radius 2 is 1.35 bits per heavy atom. The Morgan fingerprint density at radius 3 is 1.89 bits per heavy atom. The van der Waals surface area contributed by atoms with Crippen LogP contribution in [0, 0.1) is 40.4 Å². The lowest BCUT2D eigenvalue weighted by Crippen LogP contribution is -2.54. The maximum absolute atomic E-state index is 13.2. The van der Waals surface area contributed by atoms with Crippen molar-refractivity contribution in [1.82, 2.24) is 0 Å². The average Bonchev–Trinajstić information content (AvgIpc) is 3.06. The van der Waals surface area contributed by atoms with Crippen molar-refractivity contribution in [2.24, 2.45) is 40.4 Å². The van der Waals surface area contributed by atoms with E-state index in [9.17, 15) is 4.79 Å². The van der Waals surface area contributed by atoms with E-state index in [-0.39, 0.29) is 20.9 Å². The van der Waals surface area contributed by atoms with Crippen LogP contribution in [0.1, 0.15) is 107 Å². The largest absolute Gasteiger partial charge is 0.417 e. The van der Waals surface area contributed by atoms with Crippen molar-refractivity contribution in [3.05, 3.63) is 0 Å². The quantitative estimate of drug-likeness (QED) is 0.296. The van der Waals surface area contributed by atoms with Gasteiger partial charge in [-0.3, -0.25) is 4.79 Å². The molecule has 0 amide bonds. The standard InChI is InChI=1S/C32H62O3Si2/c1-23-16-18-31(8,24(20-23)21-34-36(10,11)29(2,3)4)27-17-19-32(9)26(14-15-28(32)33)25(27)22-35-37(12,13)30(5,6)7/h23-27H,14-22H2,1-13H3/t23-,24+,25-,26-,27-,31-,32-/m0/s1. The normalized spacial score (nSPS) is 38.1. The van der Waals surface area contributed by atoms with E-state index in [2.05, 4.69) is 88.5 Å². The molecule has 3 rings (SSSR count). The van der Waals surface area contributed by atoms with Crippen molar-refractivity contribution >= 4 is 22.4 Å². The Bertz CT molecular complexity index is 823. The molecule has 3 fully saturated rings. The molecule has 0 aromatic rings. The third-order valence-electron chi connectivity index (χ3n) is 12.7. The molecule has 37 heavy (non-hydrogen) atoms. The van der Waals surface area contributed by atoms with Crippen molar-refractivity contribution in [2.75, 3.05) is 13.2 Å². The number of rotatable bonds is 7. The van der Waals surface area contributed by atoms with Crippen LogP contribution in [0.3, 0.4) is 0 Å². The van der Waals surface area contributed by atoms with Crippen LogP contribution >= 0.6 is 0 Å². The molecule has 0 bridgehead atoms. The second kappa shape index (κ2) is 10.5. The fraction of sp³-hybridized carbons (Fsp3) is 0.969. The van der Waals surface area contributed by atoms with Crippen LogP contribution in [-0.4, -0.2) is 35.6 Å². The summed E-state index contributed by atoms with van der Waals surface area (Å²) in [6.07, 6.45) is 7.96. The van der Waals surface area contributed by atoms with E-state index in [1.54, 1.807) is 0 Å². The zero-order chi connectivity index (χ0) is 28.2. The summed E-state index contributed by atoms with van der Waals surface area (Å²) in [6.45, 7) is 32.8. The maximum Gasteiger partial charge on any atom is 0.191 e. The molecular formula is C32H62O3Si2. The van der Waals surface area contributed by atoms with Gasteiger partial charge in [0.2, 0.25) is 0 Å². The summed E-state index contributed by atoms with van der Waals surface area (Å²) in [5.41, 5.74) is 0.118. The van der Waals surface area contributed by atoms with E-state index in [0.717, 1.165) is 38.4 Å². The molecule has 3 aliphatic carbocycles. The predicted octanol–water partition coefficient (Wildman–Crippen LogP) is 9.48. The van der Waals surface area contributed by atoms with Crippen LogP contribution in [0.5, 0.6) is 0 Å². The van der Waals surface area contributed by atoms with E-state index in [1.165, 1.54) is 25.7 Å². The highest BCUT2D eigenvalue weighted by atomic mass is 28.4. The van der Waals surface area contributed by atoms with Gasteiger partial charge in [0.15, 0.2) is 16.6 Å². The summed E-state index contributed by atoms with van der Waals surface area (Å²) in [5, 5.41) is 0.440. The van der Waals surface area contributed by atoms with Crippen LogP contribution in [0.15, 0.2) is 0 Å². The first-order valence-corrected chi connectivity index (χ1v) is 21.3. The number of carbonyl (C=O) groups excluding carboxylic acids is 1. The Balaban J connectivity index is 1.93. The third-order valence-corrected chi connectivity index (χ3v) is 21.7. The van der Waals surface area contributed by atoms with E-state index in [4.69, 9.17) is 8.85 Å². The Labute approximate surface area is 232 Å². The van der Waals surface area contributed by atoms with Gasteiger partial charge >= 0.3 is 0 Å². The highest BCUT2D eigenvalue weighted by Crippen LogP contribution is 2.62. The lowest BCUT2D eigenvalue weighted by atomic mass is 9.49. The van der Waals surface area contributed by atoms with Gasteiger partial charge in [-0.15, -0.1) is 0 Å². The molecule has 3 aliphatic rings. The summed E-state index contributed by atoms with van der Waals surface area (Å²) in [5.74, 6) is 3.45. The average molecular weight is 551 g/mol.